The first-order valence-corrected chi connectivity index (χ1v) is 7.89. The zero-order valence-corrected chi connectivity index (χ0v) is 13.8. The maximum absolute atomic E-state index is 13.6. The molecule has 4 nitrogen and oxygen atoms in total. The zero-order valence-electron chi connectivity index (χ0n) is 13.8. The van der Waals surface area contributed by atoms with Gasteiger partial charge in [-0.1, -0.05) is 6.42 Å². The predicted octanol–water partition coefficient (Wildman–Crippen LogP) is 4.10. The number of hydrogen-bond acceptors (Lipinski definition) is 3. The first-order chi connectivity index (χ1) is 10.7. The Kier molecular flexibility index (Phi) is 5.12. The highest BCUT2D eigenvalue weighted by Gasteiger charge is 2.28. The number of rotatable bonds is 2. The summed E-state index contributed by atoms with van der Waals surface area (Å²) in [5, 5.41) is 2.83. The molecule has 3 N–H and O–H groups in total. The van der Waals surface area contributed by atoms with Crippen molar-refractivity contribution in [2.45, 2.75) is 64.0 Å². The number of carbonyl (C=O) groups is 1. The summed E-state index contributed by atoms with van der Waals surface area (Å²) in [6, 6.07) is 1.99. The highest BCUT2D eigenvalue weighted by Crippen LogP contribution is 2.37. The summed E-state index contributed by atoms with van der Waals surface area (Å²) in [6.45, 7) is 5.39. The summed E-state index contributed by atoms with van der Waals surface area (Å²) in [5.74, 6) is -1.44. The van der Waals surface area contributed by atoms with Gasteiger partial charge < -0.3 is 15.8 Å². The third-order valence-electron chi connectivity index (χ3n) is 3.96. The number of hydrogen-bond donors (Lipinski definition) is 2. The second kappa shape index (κ2) is 6.72. The largest absolute Gasteiger partial charge is 0.444 e. The van der Waals surface area contributed by atoms with E-state index in [1.807, 2.05) is 0 Å². The molecule has 2 atom stereocenters. The lowest BCUT2D eigenvalue weighted by Crippen LogP contribution is -2.41. The smallest absolute Gasteiger partial charge is 0.407 e. The van der Waals surface area contributed by atoms with Crippen LogP contribution >= 0.6 is 0 Å². The number of alkyl carbamates (subject to hydrolysis) is 1. The van der Waals surface area contributed by atoms with Crippen LogP contribution in [0.5, 0.6) is 0 Å². The minimum absolute atomic E-state index is 0.00526. The van der Waals surface area contributed by atoms with Gasteiger partial charge in [0.1, 0.15) is 17.2 Å². The van der Waals surface area contributed by atoms with Gasteiger partial charge in [-0.05, 0) is 57.6 Å². The van der Waals surface area contributed by atoms with Crippen LogP contribution < -0.4 is 11.1 Å². The number of nitrogens with one attached hydrogen (secondary N) is 1. The van der Waals surface area contributed by atoms with E-state index in [0.29, 0.717) is 12.0 Å². The van der Waals surface area contributed by atoms with Crippen molar-refractivity contribution in [1.82, 2.24) is 5.32 Å². The number of benzene rings is 1. The van der Waals surface area contributed by atoms with Crippen molar-refractivity contribution >= 4 is 11.8 Å². The van der Waals surface area contributed by atoms with Crippen molar-refractivity contribution in [3.63, 3.8) is 0 Å². The van der Waals surface area contributed by atoms with Crippen LogP contribution in [-0.2, 0) is 4.74 Å². The molecule has 0 aliphatic heterocycles. The van der Waals surface area contributed by atoms with Gasteiger partial charge in [-0.2, -0.15) is 0 Å². The van der Waals surface area contributed by atoms with E-state index in [0.717, 1.165) is 25.3 Å². The van der Waals surface area contributed by atoms with Crippen LogP contribution in [0.4, 0.5) is 19.3 Å². The molecule has 1 aliphatic rings. The van der Waals surface area contributed by atoms with Crippen LogP contribution in [0.2, 0.25) is 0 Å². The van der Waals surface area contributed by atoms with Crippen molar-refractivity contribution < 1.29 is 18.3 Å². The van der Waals surface area contributed by atoms with Crippen molar-refractivity contribution in [1.29, 1.82) is 0 Å². The van der Waals surface area contributed by atoms with Gasteiger partial charge in [0.05, 0.1) is 5.69 Å². The molecule has 1 aliphatic carbocycles. The third-order valence-corrected chi connectivity index (χ3v) is 3.96. The fraction of sp³-hybridized carbons (Fsp3) is 0.588. The van der Waals surface area contributed by atoms with Crippen LogP contribution in [-0.4, -0.2) is 17.7 Å². The SMILES string of the molecule is CC(C)(C)OC(=O)N[C@@H]1CCC[C@@H](c2cc(F)cc(F)c2N)C1. The van der Waals surface area contributed by atoms with E-state index in [9.17, 15) is 13.6 Å². The number of carbonyl (C=O) groups excluding carboxylic acids is 1. The molecule has 1 amide bonds. The van der Waals surface area contributed by atoms with Gasteiger partial charge in [0.2, 0.25) is 0 Å². The Labute approximate surface area is 135 Å². The highest BCUT2D eigenvalue weighted by atomic mass is 19.1. The number of nitrogen functional groups attached to an aromatic ring is 1. The number of halogens is 2. The van der Waals surface area contributed by atoms with Gasteiger partial charge in [0, 0.05) is 12.1 Å². The standard InChI is InChI=1S/C17H24F2N2O2/c1-17(2,3)23-16(22)21-12-6-4-5-10(7-12)13-8-11(18)9-14(19)15(13)20/h8-10,12H,4-7,20H2,1-3H3,(H,21,22)/t10-,12-/m1/s1. The van der Waals surface area contributed by atoms with Gasteiger partial charge in [0.15, 0.2) is 0 Å². The van der Waals surface area contributed by atoms with Crippen LogP contribution in [0.15, 0.2) is 12.1 Å². The Balaban J connectivity index is 2.05. The Hall–Kier alpha value is -1.85. The van der Waals surface area contributed by atoms with E-state index < -0.39 is 23.3 Å². The van der Waals surface area contributed by atoms with Gasteiger partial charge >= 0.3 is 6.09 Å². The van der Waals surface area contributed by atoms with E-state index >= 15 is 0 Å². The minimum atomic E-state index is -0.734. The second-order valence-corrected chi connectivity index (χ2v) is 7.10. The summed E-state index contributed by atoms with van der Waals surface area (Å²) < 4.78 is 32.4. The molecule has 128 valence electrons. The lowest BCUT2D eigenvalue weighted by atomic mass is 9.80. The van der Waals surface area contributed by atoms with E-state index in [1.165, 1.54) is 6.07 Å². The molecule has 0 unspecified atom stereocenters. The average molecular weight is 326 g/mol. The van der Waals surface area contributed by atoms with Gasteiger partial charge in [-0.25, -0.2) is 13.6 Å². The number of ether oxygens (including phenoxy) is 1. The lowest BCUT2D eigenvalue weighted by Gasteiger charge is -2.31. The second-order valence-electron chi connectivity index (χ2n) is 7.10. The first-order valence-electron chi connectivity index (χ1n) is 7.89. The van der Waals surface area contributed by atoms with E-state index in [-0.39, 0.29) is 17.6 Å². The van der Waals surface area contributed by atoms with Crippen molar-refractivity contribution in [2.24, 2.45) is 0 Å². The quantitative estimate of drug-likeness (QED) is 0.804. The molecule has 23 heavy (non-hydrogen) atoms. The van der Waals surface area contributed by atoms with Gasteiger partial charge in [-0.15, -0.1) is 0 Å². The molecule has 0 saturated heterocycles. The van der Waals surface area contributed by atoms with Gasteiger partial charge in [-0.3, -0.25) is 0 Å². The van der Waals surface area contributed by atoms with Crippen LogP contribution in [0.3, 0.4) is 0 Å². The first kappa shape index (κ1) is 17.5. The minimum Gasteiger partial charge on any atom is -0.444 e. The molecule has 1 aromatic carbocycles. The molecule has 0 aromatic heterocycles. The summed E-state index contributed by atoms with van der Waals surface area (Å²) in [7, 11) is 0. The van der Waals surface area contributed by atoms with Crippen molar-refractivity contribution in [2.75, 3.05) is 5.73 Å². The average Bonchev–Trinajstić information content (AvgIpc) is 2.41. The number of anilines is 1. The molecule has 0 spiro atoms. The maximum Gasteiger partial charge on any atom is 0.407 e. The molecular formula is C17H24F2N2O2. The molecule has 0 radical (unpaired) electrons. The van der Waals surface area contributed by atoms with Gasteiger partial charge in [0.25, 0.3) is 0 Å². The molecule has 6 heteroatoms. The lowest BCUT2D eigenvalue weighted by molar-refractivity contribution is 0.0490. The molecule has 1 fully saturated rings. The Bertz CT molecular complexity index is 585. The summed E-state index contributed by atoms with van der Waals surface area (Å²) >= 11 is 0. The van der Waals surface area contributed by atoms with Crippen LogP contribution in [0.1, 0.15) is 57.9 Å². The summed E-state index contributed by atoms with van der Waals surface area (Å²) in [5.41, 5.74) is 5.68. The molecular weight excluding hydrogens is 302 g/mol. The molecule has 2 rings (SSSR count). The number of amides is 1. The topological polar surface area (TPSA) is 64.3 Å². The summed E-state index contributed by atoms with van der Waals surface area (Å²) in [6.07, 6.45) is 2.57. The molecule has 0 bridgehead atoms. The molecule has 1 aromatic rings. The molecule has 0 heterocycles. The Morgan fingerprint density at radius 2 is 2.00 bits per heavy atom. The summed E-state index contributed by atoms with van der Waals surface area (Å²) in [4.78, 5) is 11.9. The maximum atomic E-state index is 13.6. The fourth-order valence-corrected chi connectivity index (χ4v) is 3.02. The van der Waals surface area contributed by atoms with E-state index in [4.69, 9.17) is 10.5 Å². The van der Waals surface area contributed by atoms with Crippen LogP contribution in [0.25, 0.3) is 0 Å². The fourth-order valence-electron chi connectivity index (χ4n) is 3.02. The molecule has 1 saturated carbocycles. The number of nitrogens with two attached hydrogens (primary N) is 1. The zero-order chi connectivity index (χ0) is 17.2. The predicted molar refractivity (Wildman–Crippen MR) is 85.1 cm³/mol. The third kappa shape index (κ3) is 4.81. The monoisotopic (exact) mass is 326 g/mol. The normalized spacial score (nSPS) is 21.8. The highest BCUT2D eigenvalue weighted by molar-refractivity contribution is 5.68. The van der Waals surface area contributed by atoms with Crippen LogP contribution in [0, 0.1) is 11.6 Å². The van der Waals surface area contributed by atoms with Crippen molar-refractivity contribution in [3.8, 4) is 0 Å². The van der Waals surface area contributed by atoms with Crippen molar-refractivity contribution in [3.05, 3.63) is 29.3 Å². The Morgan fingerprint density at radius 3 is 2.65 bits per heavy atom. The Morgan fingerprint density at radius 1 is 1.30 bits per heavy atom. The van der Waals surface area contributed by atoms with E-state index in [2.05, 4.69) is 5.32 Å². The van der Waals surface area contributed by atoms with E-state index in [1.54, 1.807) is 20.8 Å².